The second-order valence-electron chi connectivity index (χ2n) is 7.54. The molecule has 1 rings (SSSR count). The molecule has 0 N–H and O–H groups in total. The summed E-state index contributed by atoms with van der Waals surface area (Å²) in [7, 11) is -1.30. The standard InChI is InChI=1S/C20H42OSi/c1-4-7-8-9-10-11-12-13-17-20(16-5-2)21-22(6-3)18-14-15-19-22/h20H,4-19H2,1-3H3. The topological polar surface area (TPSA) is 9.23 Å². The third-order valence-electron chi connectivity index (χ3n) is 5.57. The molecule has 0 amide bonds. The monoisotopic (exact) mass is 326 g/mol. The predicted molar refractivity (Wildman–Crippen MR) is 102 cm³/mol. The zero-order valence-corrected chi connectivity index (χ0v) is 16.8. The molecule has 1 fully saturated rings. The first-order chi connectivity index (χ1) is 10.8. The van der Waals surface area contributed by atoms with E-state index in [1.165, 1.54) is 102 Å². The Kier molecular flexibility index (Phi) is 11.6. The normalized spacial score (nSPS) is 18.7. The minimum Gasteiger partial charge on any atom is -0.414 e. The van der Waals surface area contributed by atoms with Crippen molar-refractivity contribution >= 4 is 8.32 Å². The van der Waals surface area contributed by atoms with E-state index in [0.29, 0.717) is 6.10 Å². The van der Waals surface area contributed by atoms with Crippen molar-refractivity contribution in [2.24, 2.45) is 0 Å². The molecule has 0 aromatic rings. The molecule has 1 atom stereocenters. The summed E-state index contributed by atoms with van der Waals surface area (Å²) in [6, 6.07) is 4.24. The van der Waals surface area contributed by atoms with Crippen molar-refractivity contribution < 1.29 is 4.43 Å². The van der Waals surface area contributed by atoms with Crippen molar-refractivity contribution in [3.63, 3.8) is 0 Å². The zero-order valence-electron chi connectivity index (χ0n) is 15.8. The van der Waals surface area contributed by atoms with Gasteiger partial charge in [0.15, 0.2) is 8.32 Å². The summed E-state index contributed by atoms with van der Waals surface area (Å²) < 4.78 is 6.79. The van der Waals surface area contributed by atoms with E-state index in [9.17, 15) is 0 Å². The Balaban J connectivity index is 2.15. The lowest BCUT2D eigenvalue weighted by Crippen LogP contribution is -2.38. The van der Waals surface area contributed by atoms with Gasteiger partial charge in [-0.15, -0.1) is 0 Å². The minimum atomic E-state index is -1.30. The van der Waals surface area contributed by atoms with E-state index in [-0.39, 0.29) is 0 Å². The Morgan fingerprint density at radius 2 is 1.32 bits per heavy atom. The van der Waals surface area contributed by atoms with Gasteiger partial charge in [-0.3, -0.25) is 0 Å². The lowest BCUT2D eigenvalue weighted by molar-refractivity contribution is 0.163. The van der Waals surface area contributed by atoms with Crippen molar-refractivity contribution in [3.8, 4) is 0 Å². The highest BCUT2D eigenvalue weighted by Gasteiger charge is 2.38. The van der Waals surface area contributed by atoms with Crippen LogP contribution in [0.2, 0.25) is 18.1 Å². The molecule has 22 heavy (non-hydrogen) atoms. The Morgan fingerprint density at radius 1 is 0.727 bits per heavy atom. The van der Waals surface area contributed by atoms with Crippen molar-refractivity contribution in [3.05, 3.63) is 0 Å². The van der Waals surface area contributed by atoms with Gasteiger partial charge in [0.2, 0.25) is 0 Å². The van der Waals surface area contributed by atoms with E-state index < -0.39 is 8.32 Å². The van der Waals surface area contributed by atoms with E-state index in [1.807, 2.05) is 0 Å². The molecule has 0 saturated carbocycles. The average Bonchev–Trinajstić information content (AvgIpc) is 2.99. The van der Waals surface area contributed by atoms with E-state index >= 15 is 0 Å². The average molecular weight is 327 g/mol. The fraction of sp³-hybridized carbons (Fsp3) is 1.00. The van der Waals surface area contributed by atoms with Crippen LogP contribution in [-0.4, -0.2) is 14.4 Å². The summed E-state index contributed by atoms with van der Waals surface area (Å²) in [6.45, 7) is 7.00. The summed E-state index contributed by atoms with van der Waals surface area (Å²) in [5.74, 6) is 0. The van der Waals surface area contributed by atoms with Crippen LogP contribution in [0.15, 0.2) is 0 Å². The summed E-state index contributed by atoms with van der Waals surface area (Å²) in [5, 5.41) is 0. The van der Waals surface area contributed by atoms with Crippen molar-refractivity contribution in [2.45, 2.75) is 128 Å². The molecule has 0 aliphatic carbocycles. The lowest BCUT2D eigenvalue weighted by atomic mass is 10.0. The SMILES string of the molecule is CCCCCCCCCCC(CCC)O[Si]1(CC)CCCC1. The number of unbranched alkanes of at least 4 members (excludes halogenated alkanes) is 7. The molecule has 0 aromatic carbocycles. The van der Waals surface area contributed by atoms with Crippen LogP contribution in [0.5, 0.6) is 0 Å². The third-order valence-corrected chi connectivity index (χ3v) is 10.2. The zero-order chi connectivity index (χ0) is 16.1. The van der Waals surface area contributed by atoms with Crippen LogP contribution in [0.3, 0.4) is 0 Å². The van der Waals surface area contributed by atoms with Gasteiger partial charge in [-0.2, -0.15) is 0 Å². The molecule has 1 aliphatic rings. The minimum absolute atomic E-state index is 0.592. The molecule has 1 saturated heterocycles. The Morgan fingerprint density at radius 3 is 1.86 bits per heavy atom. The van der Waals surface area contributed by atoms with Crippen molar-refractivity contribution in [1.29, 1.82) is 0 Å². The van der Waals surface area contributed by atoms with E-state index in [1.54, 1.807) is 0 Å². The molecular formula is C20H42OSi. The van der Waals surface area contributed by atoms with Gasteiger partial charge < -0.3 is 4.43 Å². The first-order valence-electron chi connectivity index (χ1n) is 10.4. The first-order valence-corrected chi connectivity index (χ1v) is 13.0. The Hall–Kier alpha value is 0.177. The first kappa shape index (κ1) is 20.2. The fourth-order valence-corrected chi connectivity index (χ4v) is 8.11. The summed E-state index contributed by atoms with van der Waals surface area (Å²) >= 11 is 0. The van der Waals surface area contributed by atoms with Crippen LogP contribution in [0.1, 0.15) is 104 Å². The second-order valence-corrected chi connectivity index (χ2v) is 11.8. The van der Waals surface area contributed by atoms with Gasteiger partial charge in [-0.05, 0) is 31.0 Å². The highest BCUT2D eigenvalue weighted by Crippen LogP contribution is 2.36. The molecule has 0 radical (unpaired) electrons. The maximum atomic E-state index is 6.79. The van der Waals surface area contributed by atoms with Crippen LogP contribution in [0, 0.1) is 0 Å². The van der Waals surface area contributed by atoms with E-state index in [2.05, 4.69) is 20.8 Å². The van der Waals surface area contributed by atoms with Gasteiger partial charge in [0.25, 0.3) is 0 Å². The van der Waals surface area contributed by atoms with Crippen molar-refractivity contribution in [2.75, 3.05) is 0 Å². The molecule has 1 aliphatic heterocycles. The molecule has 0 spiro atoms. The molecule has 0 bridgehead atoms. The molecule has 0 aromatic heterocycles. The largest absolute Gasteiger partial charge is 0.414 e. The third kappa shape index (κ3) is 8.15. The quantitative estimate of drug-likeness (QED) is 0.238. The van der Waals surface area contributed by atoms with Gasteiger partial charge in [0.1, 0.15) is 0 Å². The highest BCUT2D eigenvalue weighted by molar-refractivity contribution is 6.74. The smallest absolute Gasteiger partial charge is 0.192 e. The Bertz CT molecular complexity index is 248. The van der Waals surface area contributed by atoms with Crippen LogP contribution < -0.4 is 0 Å². The second kappa shape index (κ2) is 12.6. The Labute approximate surface area is 141 Å². The predicted octanol–water partition coefficient (Wildman–Crippen LogP) is 7.46. The lowest BCUT2D eigenvalue weighted by Gasteiger charge is -2.31. The van der Waals surface area contributed by atoms with Crippen LogP contribution in [0.25, 0.3) is 0 Å². The van der Waals surface area contributed by atoms with Gasteiger partial charge >= 0.3 is 0 Å². The highest BCUT2D eigenvalue weighted by atomic mass is 28.4. The molecule has 1 unspecified atom stereocenters. The summed E-state index contributed by atoms with van der Waals surface area (Å²) in [6.07, 6.45) is 18.8. The molecular weight excluding hydrogens is 284 g/mol. The number of hydrogen-bond donors (Lipinski definition) is 0. The summed E-state index contributed by atoms with van der Waals surface area (Å²) in [5.41, 5.74) is 0. The van der Waals surface area contributed by atoms with E-state index in [4.69, 9.17) is 4.43 Å². The van der Waals surface area contributed by atoms with Crippen LogP contribution in [-0.2, 0) is 4.43 Å². The molecule has 2 heteroatoms. The van der Waals surface area contributed by atoms with Gasteiger partial charge in [-0.25, -0.2) is 0 Å². The maximum absolute atomic E-state index is 6.79. The fourth-order valence-electron chi connectivity index (χ4n) is 4.02. The summed E-state index contributed by atoms with van der Waals surface area (Å²) in [4.78, 5) is 0. The van der Waals surface area contributed by atoms with Crippen molar-refractivity contribution in [1.82, 2.24) is 0 Å². The number of hydrogen-bond acceptors (Lipinski definition) is 1. The molecule has 1 heterocycles. The van der Waals surface area contributed by atoms with Gasteiger partial charge in [0.05, 0.1) is 0 Å². The van der Waals surface area contributed by atoms with E-state index in [0.717, 1.165) is 0 Å². The molecule has 132 valence electrons. The molecule has 1 nitrogen and oxygen atoms in total. The van der Waals surface area contributed by atoms with Gasteiger partial charge in [-0.1, -0.05) is 91.4 Å². The number of rotatable bonds is 14. The van der Waals surface area contributed by atoms with Gasteiger partial charge in [0, 0.05) is 6.10 Å². The van der Waals surface area contributed by atoms with Crippen LogP contribution in [0.4, 0.5) is 0 Å². The maximum Gasteiger partial charge on any atom is 0.192 e. The van der Waals surface area contributed by atoms with Crippen LogP contribution >= 0.6 is 0 Å².